The lowest BCUT2D eigenvalue weighted by Crippen LogP contribution is -2.19. The summed E-state index contributed by atoms with van der Waals surface area (Å²) in [6, 6.07) is 16.9. The van der Waals surface area contributed by atoms with Crippen LogP contribution in [0.4, 0.5) is 21.2 Å². The molecule has 0 fully saturated rings. The van der Waals surface area contributed by atoms with Crippen molar-refractivity contribution in [2.24, 2.45) is 5.73 Å². The fourth-order valence-corrected chi connectivity index (χ4v) is 3.45. The smallest absolute Gasteiger partial charge is 0.323 e. The summed E-state index contributed by atoms with van der Waals surface area (Å²) < 4.78 is 0. The van der Waals surface area contributed by atoms with Gasteiger partial charge in [-0.05, 0) is 48.9 Å². The number of primary amides is 1. The van der Waals surface area contributed by atoms with E-state index < -0.39 is 11.9 Å². The van der Waals surface area contributed by atoms with E-state index in [-0.39, 0.29) is 5.91 Å². The summed E-state index contributed by atoms with van der Waals surface area (Å²) in [5.41, 5.74) is 7.51. The van der Waals surface area contributed by atoms with Crippen molar-refractivity contribution in [1.82, 2.24) is 0 Å². The van der Waals surface area contributed by atoms with Crippen molar-refractivity contribution in [3.63, 3.8) is 0 Å². The minimum Gasteiger partial charge on any atom is -0.365 e. The third-order valence-corrected chi connectivity index (χ3v) is 4.96. The zero-order valence-electron chi connectivity index (χ0n) is 15.0. The third kappa shape index (κ3) is 4.74. The molecule has 1 aromatic heterocycles. The molecule has 2 aromatic carbocycles. The molecule has 7 nitrogen and oxygen atoms in total. The Labute approximate surface area is 165 Å². The summed E-state index contributed by atoms with van der Waals surface area (Å²) in [7, 11) is 0. The van der Waals surface area contributed by atoms with Gasteiger partial charge in [0, 0.05) is 16.9 Å². The van der Waals surface area contributed by atoms with Crippen molar-refractivity contribution in [2.75, 3.05) is 16.0 Å². The largest absolute Gasteiger partial charge is 0.365 e. The van der Waals surface area contributed by atoms with Gasteiger partial charge in [-0.3, -0.25) is 9.59 Å². The molecule has 0 aliphatic heterocycles. The summed E-state index contributed by atoms with van der Waals surface area (Å²) in [6.07, 6.45) is 0. The van der Waals surface area contributed by atoms with Crippen molar-refractivity contribution in [1.29, 1.82) is 0 Å². The number of carbonyl (C=O) groups excluding carboxylic acids is 3. The SMILES string of the molecule is Cc1cc(NC(=O)c2cccc(NC(=O)Nc3ccccc3)c2)sc1C(N)=O. The lowest BCUT2D eigenvalue weighted by molar-refractivity contribution is 0.1000. The zero-order valence-corrected chi connectivity index (χ0v) is 15.8. The number of nitrogens with two attached hydrogens (primary N) is 1. The van der Waals surface area contributed by atoms with Gasteiger partial charge < -0.3 is 21.7 Å². The molecule has 0 aliphatic carbocycles. The molecule has 0 saturated heterocycles. The second kappa shape index (κ2) is 8.36. The average Bonchev–Trinajstić information content (AvgIpc) is 3.03. The first kappa shape index (κ1) is 19.1. The number of thiophene rings is 1. The molecule has 0 bridgehead atoms. The van der Waals surface area contributed by atoms with Crippen LogP contribution in [0.15, 0.2) is 60.7 Å². The van der Waals surface area contributed by atoms with Crippen molar-refractivity contribution in [3.05, 3.63) is 76.7 Å². The van der Waals surface area contributed by atoms with E-state index in [0.717, 1.165) is 11.3 Å². The second-order valence-corrected chi connectivity index (χ2v) is 7.02. The molecule has 0 spiro atoms. The first-order valence-corrected chi connectivity index (χ1v) is 9.19. The van der Waals surface area contributed by atoms with Crippen molar-refractivity contribution in [3.8, 4) is 0 Å². The van der Waals surface area contributed by atoms with E-state index in [1.807, 2.05) is 18.2 Å². The molecule has 0 unspecified atom stereocenters. The second-order valence-electron chi connectivity index (χ2n) is 5.97. The summed E-state index contributed by atoms with van der Waals surface area (Å²) in [5, 5.41) is 8.66. The molecule has 28 heavy (non-hydrogen) atoms. The number of para-hydroxylation sites is 1. The number of urea groups is 1. The topological polar surface area (TPSA) is 113 Å². The Morgan fingerprint density at radius 1 is 0.857 bits per heavy atom. The number of nitrogens with one attached hydrogen (secondary N) is 3. The number of hydrogen-bond donors (Lipinski definition) is 4. The van der Waals surface area contributed by atoms with Gasteiger partial charge in [0.05, 0.1) is 9.88 Å². The molecule has 8 heteroatoms. The molecule has 0 atom stereocenters. The minimum atomic E-state index is -0.529. The molecule has 142 valence electrons. The molecule has 1 heterocycles. The molecule has 5 N–H and O–H groups in total. The van der Waals surface area contributed by atoms with Crippen LogP contribution in [0.1, 0.15) is 25.6 Å². The number of amides is 4. The van der Waals surface area contributed by atoms with E-state index in [0.29, 0.717) is 32.4 Å². The summed E-state index contributed by atoms with van der Waals surface area (Å²) >= 11 is 1.12. The fraction of sp³-hybridized carbons (Fsp3) is 0.0500. The maximum atomic E-state index is 12.5. The van der Waals surface area contributed by atoms with Gasteiger partial charge in [0.25, 0.3) is 11.8 Å². The van der Waals surface area contributed by atoms with Crippen LogP contribution in [0.3, 0.4) is 0 Å². The predicted molar refractivity (Wildman–Crippen MR) is 111 cm³/mol. The zero-order chi connectivity index (χ0) is 20.1. The molecule has 3 aromatic rings. The van der Waals surface area contributed by atoms with Crippen LogP contribution >= 0.6 is 11.3 Å². The standard InChI is InChI=1S/C20H18N4O3S/c1-12-10-16(28-17(12)18(21)25)24-19(26)13-6-5-9-15(11-13)23-20(27)22-14-7-3-2-4-8-14/h2-11H,1H3,(H2,21,25)(H,24,26)(H2,22,23,27). The van der Waals surface area contributed by atoms with Crippen LogP contribution in [-0.2, 0) is 0 Å². The highest BCUT2D eigenvalue weighted by Crippen LogP contribution is 2.26. The average molecular weight is 394 g/mol. The van der Waals surface area contributed by atoms with Crippen LogP contribution in [0.5, 0.6) is 0 Å². The number of anilines is 3. The number of benzene rings is 2. The summed E-state index contributed by atoms with van der Waals surface area (Å²) in [6.45, 7) is 1.75. The molecule has 0 radical (unpaired) electrons. The maximum absolute atomic E-state index is 12.5. The highest BCUT2D eigenvalue weighted by Gasteiger charge is 2.14. The van der Waals surface area contributed by atoms with Gasteiger partial charge in [-0.2, -0.15) is 0 Å². The minimum absolute atomic E-state index is 0.357. The van der Waals surface area contributed by atoms with Crippen LogP contribution < -0.4 is 21.7 Å². The highest BCUT2D eigenvalue weighted by atomic mass is 32.1. The molecule has 4 amide bonds. The van der Waals surface area contributed by atoms with E-state index >= 15 is 0 Å². The highest BCUT2D eigenvalue weighted by molar-refractivity contribution is 7.18. The van der Waals surface area contributed by atoms with E-state index in [1.54, 1.807) is 49.4 Å². The first-order valence-electron chi connectivity index (χ1n) is 8.37. The van der Waals surface area contributed by atoms with Gasteiger partial charge in [-0.25, -0.2) is 4.79 Å². The third-order valence-electron chi connectivity index (χ3n) is 3.79. The van der Waals surface area contributed by atoms with Gasteiger partial charge in [-0.15, -0.1) is 11.3 Å². The number of carbonyl (C=O) groups is 3. The lowest BCUT2D eigenvalue weighted by Gasteiger charge is -2.09. The molecule has 3 rings (SSSR count). The van der Waals surface area contributed by atoms with Gasteiger partial charge in [0.15, 0.2) is 0 Å². The van der Waals surface area contributed by atoms with Crippen LogP contribution in [-0.4, -0.2) is 17.8 Å². The van der Waals surface area contributed by atoms with Crippen molar-refractivity contribution < 1.29 is 14.4 Å². The summed E-state index contributed by atoms with van der Waals surface area (Å²) in [5.74, 6) is -0.886. The molecular formula is C20H18N4O3S. The van der Waals surface area contributed by atoms with Crippen LogP contribution in [0.2, 0.25) is 0 Å². The van der Waals surface area contributed by atoms with Crippen molar-refractivity contribution in [2.45, 2.75) is 6.92 Å². The Bertz CT molecular complexity index is 1030. The molecule has 0 aliphatic rings. The number of hydrogen-bond acceptors (Lipinski definition) is 4. The Morgan fingerprint density at radius 3 is 2.21 bits per heavy atom. The quantitative estimate of drug-likeness (QED) is 0.523. The monoisotopic (exact) mass is 394 g/mol. The molecular weight excluding hydrogens is 376 g/mol. The normalized spacial score (nSPS) is 10.2. The van der Waals surface area contributed by atoms with E-state index in [9.17, 15) is 14.4 Å². The van der Waals surface area contributed by atoms with E-state index in [4.69, 9.17) is 5.73 Å². The van der Waals surface area contributed by atoms with Crippen molar-refractivity contribution >= 4 is 45.6 Å². The summed E-state index contributed by atoms with van der Waals surface area (Å²) in [4.78, 5) is 36.3. The lowest BCUT2D eigenvalue weighted by atomic mass is 10.2. The van der Waals surface area contributed by atoms with E-state index in [2.05, 4.69) is 16.0 Å². The van der Waals surface area contributed by atoms with Crippen LogP contribution in [0.25, 0.3) is 0 Å². The number of rotatable bonds is 5. The van der Waals surface area contributed by atoms with Gasteiger partial charge >= 0.3 is 6.03 Å². The number of aryl methyl sites for hydroxylation is 1. The van der Waals surface area contributed by atoms with Gasteiger partial charge in [0.1, 0.15) is 0 Å². The first-order chi connectivity index (χ1) is 13.4. The fourth-order valence-electron chi connectivity index (χ4n) is 2.53. The van der Waals surface area contributed by atoms with E-state index in [1.165, 1.54) is 0 Å². The maximum Gasteiger partial charge on any atom is 0.323 e. The Hall–Kier alpha value is -3.65. The Morgan fingerprint density at radius 2 is 1.54 bits per heavy atom. The Kier molecular flexibility index (Phi) is 5.71. The van der Waals surface area contributed by atoms with Crippen LogP contribution in [0, 0.1) is 6.92 Å². The predicted octanol–water partition coefficient (Wildman–Crippen LogP) is 4.05. The Balaban J connectivity index is 1.67. The molecule has 0 saturated carbocycles. The van der Waals surface area contributed by atoms with Gasteiger partial charge in [0.2, 0.25) is 0 Å². The van der Waals surface area contributed by atoms with Gasteiger partial charge in [-0.1, -0.05) is 24.3 Å².